The predicted octanol–water partition coefficient (Wildman–Crippen LogP) is 2.33. The van der Waals surface area contributed by atoms with E-state index in [2.05, 4.69) is 27.2 Å². The first-order valence-corrected chi connectivity index (χ1v) is 11.9. The molecule has 188 valence electrons. The van der Waals surface area contributed by atoms with E-state index in [9.17, 15) is 9.59 Å². The van der Waals surface area contributed by atoms with E-state index in [-0.39, 0.29) is 17.9 Å². The van der Waals surface area contributed by atoms with Gasteiger partial charge in [0, 0.05) is 45.4 Å². The molecule has 0 unspecified atom stereocenters. The summed E-state index contributed by atoms with van der Waals surface area (Å²) >= 11 is 0. The Labute approximate surface area is 211 Å². The normalized spacial score (nSPS) is 14.7. The fourth-order valence-electron chi connectivity index (χ4n) is 5.05. The van der Waals surface area contributed by atoms with Gasteiger partial charge in [-0.2, -0.15) is 0 Å². The summed E-state index contributed by atoms with van der Waals surface area (Å²) in [6.07, 6.45) is 1.82. The molecular weight excluding hydrogens is 454 g/mol. The first-order chi connectivity index (χ1) is 17.1. The number of carbonyl (C=O) groups is 2. The second-order valence-electron chi connectivity index (χ2n) is 9.96. The lowest BCUT2D eigenvalue weighted by atomic mass is 9.67. The van der Waals surface area contributed by atoms with Crippen LogP contribution in [-0.2, 0) is 18.3 Å². The van der Waals surface area contributed by atoms with Crippen LogP contribution in [0.5, 0.6) is 0 Å². The molecule has 9 nitrogen and oxygen atoms in total. The van der Waals surface area contributed by atoms with Crippen molar-refractivity contribution in [2.24, 2.45) is 5.73 Å². The third kappa shape index (κ3) is 4.30. The number of aryl methyl sites for hydroxylation is 2. The summed E-state index contributed by atoms with van der Waals surface area (Å²) in [5, 5.41) is 15.2. The van der Waals surface area contributed by atoms with Gasteiger partial charge in [0.25, 0.3) is 11.8 Å². The summed E-state index contributed by atoms with van der Waals surface area (Å²) in [5.74, 6) is 0.426. The van der Waals surface area contributed by atoms with E-state index >= 15 is 0 Å². The maximum Gasteiger partial charge on any atom is 0.253 e. The largest absolute Gasteiger partial charge is 0.345 e. The molecule has 1 aromatic heterocycles. The number of carbonyl (C=O) groups excluding carboxylic acids is 2. The summed E-state index contributed by atoms with van der Waals surface area (Å²) in [7, 11) is 6.96. The Morgan fingerprint density at radius 1 is 1.00 bits per heavy atom. The molecule has 0 aliphatic heterocycles. The standard InChI is InChI=1S/C27H33N7O2/c1-16(2)23(28)15-27(26-29-31-32-30-26)21-11-9-19(24(35)33(3)4)13-17(21)7-8-18-14-20(10-12-22(18)27)25(36)34(5)6/h9-14,23H,1,7-8,15,28H2,2-6H3,(H,29,30,31,32)/t23-/m1/s1. The van der Waals surface area contributed by atoms with Gasteiger partial charge >= 0.3 is 0 Å². The molecule has 3 N–H and O–H groups in total. The zero-order chi connectivity index (χ0) is 26.2. The molecule has 1 heterocycles. The second-order valence-corrected chi connectivity index (χ2v) is 9.96. The summed E-state index contributed by atoms with van der Waals surface area (Å²) < 4.78 is 0. The average Bonchev–Trinajstić information content (AvgIpc) is 3.36. The fraction of sp³-hybridized carbons (Fsp3) is 0.370. The van der Waals surface area contributed by atoms with E-state index in [1.54, 1.807) is 38.0 Å². The van der Waals surface area contributed by atoms with Crippen molar-refractivity contribution < 1.29 is 9.59 Å². The highest BCUT2D eigenvalue weighted by atomic mass is 16.2. The van der Waals surface area contributed by atoms with Crippen LogP contribution in [0.25, 0.3) is 0 Å². The number of aromatic nitrogens is 4. The molecule has 0 saturated heterocycles. The van der Waals surface area contributed by atoms with Gasteiger partial charge in [-0.3, -0.25) is 9.59 Å². The van der Waals surface area contributed by atoms with Crippen molar-refractivity contribution in [2.45, 2.75) is 37.6 Å². The molecule has 36 heavy (non-hydrogen) atoms. The molecule has 3 aromatic rings. The van der Waals surface area contributed by atoms with Crippen molar-refractivity contribution in [3.05, 3.63) is 87.8 Å². The molecule has 1 atom stereocenters. The Balaban J connectivity index is 2.03. The number of amides is 2. The van der Waals surface area contributed by atoms with Crippen LogP contribution >= 0.6 is 0 Å². The number of aromatic amines is 1. The van der Waals surface area contributed by atoms with Crippen molar-refractivity contribution in [2.75, 3.05) is 28.2 Å². The maximum absolute atomic E-state index is 12.8. The molecule has 4 rings (SSSR count). The quantitative estimate of drug-likeness (QED) is 0.515. The second kappa shape index (κ2) is 9.66. The Bertz CT molecular complexity index is 1240. The molecule has 0 bridgehead atoms. The van der Waals surface area contributed by atoms with Crippen molar-refractivity contribution >= 4 is 11.8 Å². The van der Waals surface area contributed by atoms with Gasteiger partial charge in [-0.05, 0) is 83.1 Å². The minimum absolute atomic E-state index is 0.0657. The van der Waals surface area contributed by atoms with Crippen LogP contribution in [0.3, 0.4) is 0 Å². The van der Waals surface area contributed by atoms with E-state index in [1.807, 2.05) is 43.3 Å². The van der Waals surface area contributed by atoms with Gasteiger partial charge in [0.15, 0.2) is 5.82 Å². The number of nitrogens with one attached hydrogen (secondary N) is 1. The SMILES string of the molecule is C=C(C)[C@H](N)CC1(c2nnn[nH]2)c2ccc(C(=O)N(C)C)cc2CCc2cc(C(=O)N(C)C)ccc21. The summed E-state index contributed by atoms with van der Waals surface area (Å²) in [6, 6.07) is 11.3. The van der Waals surface area contributed by atoms with E-state index in [4.69, 9.17) is 5.73 Å². The highest BCUT2D eigenvalue weighted by molar-refractivity contribution is 5.95. The number of nitrogens with zero attached hydrogens (tertiary/aromatic N) is 5. The van der Waals surface area contributed by atoms with Gasteiger partial charge in [-0.25, -0.2) is 5.10 Å². The lowest BCUT2D eigenvalue weighted by molar-refractivity contribution is 0.0820. The number of nitrogens with two attached hydrogens (primary N) is 1. The minimum atomic E-state index is -0.831. The Morgan fingerprint density at radius 3 is 1.89 bits per heavy atom. The highest BCUT2D eigenvalue weighted by Crippen LogP contribution is 2.47. The van der Waals surface area contributed by atoms with Crippen molar-refractivity contribution in [1.29, 1.82) is 0 Å². The lowest BCUT2D eigenvalue weighted by Gasteiger charge is -2.36. The van der Waals surface area contributed by atoms with E-state index in [0.717, 1.165) is 27.8 Å². The van der Waals surface area contributed by atoms with E-state index < -0.39 is 5.41 Å². The number of tetrazole rings is 1. The van der Waals surface area contributed by atoms with Crippen LogP contribution in [0.2, 0.25) is 0 Å². The van der Waals surface area contributed by atoms with Crippen LogP contribution in [0.4, 0.5) is 0 Å². The molecule has 0 fully saturated rings. The average molecular weight is 488 g/mol. The molecule has 2 amide bonds. The smallest absolute Gasteiger partial charge is 0.253 e. The fourth-order valence-corrected chi connectivity index (χ4v) is 5.05. The maximum atomic E-state index is 12.8. The number of rotatable bonds is 6. The zero-order valence-corrected chi connectivity index (χ0v) is 21.5. The third-order valence-electron chi connectivity index (χ3n) is 7.01. The first kappa shape index (κ1) is 25.2. The predicted molar refractivity (Wildman–Crippen MR) is 138 cm³/mol. The van der Waals surface area contributed by atoms with Gasteiger partial charge in [0.1, 0.15) is 0 Å². The number of H-pyrrole nitrogens is 1. The van der Waals surface area contributed by atoms with Crippen LogP contribution in [-0.4, -0.2) is 76.5 Å². The first-order valence-electron chi connectivity index (χ1n) is 11.9. The van der Waals surface area contributed by atoms with Gasteiger partial charge in [-0.15, -0.1) is 5.10 Å². The minimum Gasteiger partial charge on any atom is -0.345 e. The molecule has 0 radical (unpaired) electrons. The number of hydrogen-bond donors (Lipinski definition) is 2. The molecule has 1 aliphatic carbocycles. The van der Waals surface area contributed by atoms with Gasteiger partial charge in [-0.1, -0.05) is 24.3 Å². The summed E-state index contributed by atoms with van der Waals surface area (Å²) in [4.78, 5) is 28.7. The summed E-state index contributed by atoms with van der Waals surface area (Å²) in [6.45, 7) is 6.00. The third-order valence-corrected chi connectivity index (χ3v) is 7.01. The molecule has 1 aliphatic rings. The Morgan fingerprint density at radius 2 is 1.50 bits per heavy atom. The Hall–Kier alpha value is -3.85. The van der Waals surface area contributed by atoms with Crippen molar-refractivity contribution in [3.8, 4) is 0 Å². The molecule has 0 saturated carbocycles. The molecule has 2 aromatic carbocycles. The Kier molecular flexibility index (Phi) is 6.77. The molecular formula is C27H33N7O2. The van der Waals surface area contributed by atoms with Gasteiger partial charge in [0.05, 0.1) is 5.41 Å². The van der Waals surface area contributed by atoms with E-state index in [0.29, 0.717) is 36.2 Å². The zero-order valence-electron chi connectivity index (χ0n) is 21.5. The molecule has 0 spiro atoms. The topological polar surface area (TPSA) is 121 Å². The van der Waals surface area contributed by atoms with Crippen molar-refractivity contribution in [1.82, 2.24) is 30.4 Å². The van der Waals surface area contributed by atoms with Gasteiger partial charge in [0.2, 0.25) is 0 Å². The highest BCUT2D eigenvalue weighted by Gasteiger charge is 2.45. The van der Waals surface area contributed by atoms with Gasteiger partial charge < -0.3 is 15.5 Å². The monoisotopic (exact) mass is 487 g/mol. The van der Waals surface area contributed by atoms with Crippen LogP contribution < -0.4 is 5.73 Å². The van der Waals surface area contributed by atoms with E-state index in [1.165, 1.54) is 0 Å². The summed E-state index contributed by atoms with van der Waals surface area (Å²) in [5.41, 5.74) is 11.9. The van der Waals surface area contributed by atoms with Crippen LogP contribution in [0.15, 0.2) is 48.6 Å². The lowest BCUT2D eigenvalue weighted by Crippen LogP contribution is -2.39. The molecule has 9 heteroatoms. The number of hydrogen-bond acceptors (Lipinski definition) is 6. The van der Waals surface area contributed by atoms with Crippen molar-refractivity contribution in [3.63, 3.8) is 0 Å². The number of fused-ring (bicyclic) bond motifs is 2. The van der Waals surface area contributed by atoms with Crippen LogP contribution in [0, 0.1) is 0 Å². The number of benzene rings is 2. The van der Waals surface area contributed by atoms with Crippen LogP contribution in [0.1, 0.15) is 62.1 Å².